The lowest BCUT2D eigenvalue weighted by Crippen LogP contribution is -2.40. The van der Waals surface area contributed by atoms with Crippen molar-refractivity contribution in [2.24, 2.45) is 5.73 Å². The normalized spacial score (nSPS) is 21.4. The van der Waals surface area contributed by atoms with Crippen molar-refractivity contribution in [2.45, 2.75) is 18.1 Å². The fourth-order valence-corrected chi connectivity index (χ4v) is 4.13. The Balaban J connectivity index is 1.61. The van der Waals surface area contributed by atoms with Gasteiger partial charge in [-0.1, -0.05) is 35.3 Å². The number of thiazole rings is 1. The molecule has 3 heterocycles. The number of carbonyl (C=O) groups is 2. The van der Waals surface area contributed by atoms with E-state index >= 15 is 0 Å². The number of nitrogens with zero attached hydrogens (tertiary/aromatic N) is 2. The first kappa shape index (κ1) is 19.4. The van der Waals surface area contributed by atoms with Gasteiger partial charge in [0, 0.05) is 31.1 Å². The third-order valence-corrected chi connectivity index (χ3v) is 5.90. The van der Waals surface area contributed by atoms with Crippen LogP contribution in [0.2, 0.25) is 0 Å². The van der Waals surface area contributed by atoms with E-state index in [1.807, 2.05) is 12.1 Å². The molecule has 1 atom stereocenters. The summed E-state index contributed by atoms with van der Waals surface area (Å²) < 4.78 is 5.15. The highest BCUT2D eigenvalue weighted by Crippen LogP contribution is 2.33. The lowest BCUT2D eigenvalue weighted by Gasteiger charge is -2.27. The molecular weight excluding hydrogens is 392 g/mol. The number of nitrogens with one attached hydrogen (secondary N) is 1. The molecule has 2 amide bonds. The number of rotatable bonds is 4. The molecule has 2 aliphatic rings. The number of anilines is 1. The molecule has 2 saturated heterocycles. The van der Waals surface area contributed by atoms with Crippen molar-refractivity contribution < 1.29 is 19.4 Å². The van der Waals surface area contributed by atoms with Crippen molar-refractivity contribution in [1.29, 1.82) is 0 Å². The lowest BCUT2D eigenvalue weighted by molar-refractivity contribution is -0.137. The summed E-state index contributed by atoms with van der Waals surface area (Å²) in [5.74, 6) is 4.61. The molecule has 2 aromatic rings. The van der Waals surface area contributed by atoms with Crippen LogP contribution in [0.3, 0.4) is 0 Å². The first-order chi connectivity index (χ1) is 13.9. The first-order valence-corrected chi connectivity index (χ1v) is 9.94. The van der Waals surface area contributed by atoms with Crippen LogP contribution in [0.5, 0.6) is 0 Å². The van der Waals surface area contributed by atoms with E-state index < -0.39 is 11.5 Å². The van der Waals surface area contributed by atoms with Crippen LogP contribution in [0.4, 0.5) is 5.00 Å². The Kier molecular flexibility index (Phi) is 5.00. The van der Waals surface area contributed by atoms with Crippen molar-refractivity contribution >= 4 is 28.2 Å². The number of hydrogen-bond donors (Lipinski definition) is 3. The molecule has 2 fully saturated rings. The SMILES string of the molecule is CN1CC[C@@](O)(C#Cc2cccc(-c3nc(C(N)=O)c(NC4COC4)s3)c2)C1=O. The number of carbonyl (C=O) groups excluding carboxylic acids is 2. The van der Waals surface area contributed by atoms with Gasteiger partial charge >= 0.3 is 0 Å². The topological polar surface area (TPSA) is 118 Å². The number of hydrogen-bond acceptors (Lipinski definition) is 7. The van der Waals surface area contributed by atoms with Crippen molar-refractivity contribution in [2.75, 3.05) is 32.1 Å². The summed E-state index contributed by atoms with van der Waals surface area (Å²) in [5.41, 5.74) is 5.43. The smallest absolute Gasteiger partial charge is 0.270 e. The number of likely N-dealkylation sites (N-methyl/N-ethyl adjacent to an activating group) is 1. The van der Waals surface area contributed by atoms with Gasteiger partial charge < -0.3 is 25.8 Å². The lowest BCUT2D eigenvalue weighted by atomic mass is 10.0. The van der Waals surface area contributed by atoms with E-state index in [-0.39, 0.29) is 24.1 Å². The number of benzene rings is 1. The summed E-state index contributed by atoms with van der Waals surface area (Å²) in [6.07, 6.45) is 0.281. The Hall–Kier alpha value is -2.93. The van der Waals surface area contributed by atoms with Gasteiger partial charge in [-0.3, -0.25) is 9.59 Å². The van der Waals surface area contributed by atoms with Gasteiger partial charge in [-0.05, 0) is 12.1 Å². The zero-order valence-electron chi connectivity index (χ0n) is 15.8. The third-order valence-electron chi connectivity index (χ3n) is 4.87. The highest BCUT2D eigenvalue weighted by molar-refractivity contribution is 7.19. The quantitative estimate of drug-likeness (QED) is 0.635. The molecule has 150 valence electrons. The standard InChI is InChI=1S/C20H20N4O4S/c1-24-8-7-20(27,19(24)26)6-5-12-3-2-4-13(9-12)17-23-15(16(21)25)18(29-17)22-14-10-28-11-14/h2-4,9,14,22,27H,7-8,10-11H2,1H3,(H2,21,25)/t20-/m0/s1. The van der Waals surface area contributed by atoms with Crippen LogP contribution in [0.1, 0.15) is 22.5 Å². The first-order valence-electron chi connectivity index (χ1n) is 9.12. The molecule has 0 aliphatic carbocycles. The average molecular weight is 412 g/mol. The summed E-state index contributed by atoms with van der Waals surface area (Å²) in [7, 11) is 1.64. The number of aliphatic hydroxyl groups is 1. The molecule has 0 radical (unpaired) electrons. The van der Waals surface area contributed by atoms with E-state index in [1.165, 1.54) is 16.2 Å². The summed E-state index contributed by atoms with van der Waals surface area (Å²) >= 11 is 1.33. The summed E-state index contributed by atoms with van der Waals surface area (Å²) in [4.78, 5) is 29.7. The van der Waals surface area contributed by atoms with E-state index in [1.54, 1.807) is 19.2 Å². The molecule has 4 rings (SSSR count). The zero-order chi connectivity index (χ0) is 20.6. The Labute approximate surface area is 171 Å². The van der Waals surface area contributed by atoms with E-state index in [4.69, 9.17) is 10.5 Å². The molecule has 0 unspecified atom stereocenters. The van der Waals surface area contributed by atoms with Gasteiger partial charge in [0.1, 0.15) is 10.0 Å². The maximum absolute atomic E-state index is 12.1. The van der Waals surface area contributed by atoms with E-state index in [2.05, 4.69) is 22.1 Å². The van der Waals surface area contributed by atoms with E-state index in [0.29, 0.717) is 35.3 Å². The Morgan fingerprint density at radius 3 is 2.90 bits per heavy atom. The number of primary amides is 1. The molecular formula is C20H20N4O4S. The molecule has 0 saturated carbocycles. The van der Waals surface area contributed by atoms with Gasteiger partial charge in [-0.2, -0.15) is 0 Å². The highest BCUT2D eigenvalue weighted by Gasteiger charge is 2.42. The molecule has 1 aromatic heterocycles. The molecule has 1 aromatic carbocycles. The minimum absolute atomic E-state index is 0.140. The minimum atomic E-state index is -1.65. The molecule has 4 N–H and O–H groups in total. The van der Waals surface area contributed by atoms with Crippen LogP contribution >= 0.6 is 11.3 Å². The summed E-state index contributed by atoms with van der Waals surface area (Å²) in [6.45, 7) is 1.63. The van der Waals surface area contributed by atoms with Crippen LogP contribution < -0.4 is 11.1 Å². The number of nitrogens with two attached hydrogens (primary N) is 1. The summed E-state index contributed by atoms with van der Waals surface area (Å²) in [6, 6.07) is 7.40. The fraction of sp³-hybridized carbons (Fsp3) is 0.350. The largest absolute Gasteiger partial charge is 0.377 e. The van der Waals surface area contributed by atoms with Crippen molar-refractivity contribution in [3.05, 3.63) is 35.5 Å². The second kappa shape index (κ2) is 7.48. The Morgan fingerprint density at radius 1 is 1.48 bits per heavy atom. The molecule has 0 spiro atoms. The predicted molar refractivity (Wildman–Crippen MR) is 108 cm³/mol. The molecule has 9 heteroatoms. The van der Waals surface area contributed by atoms with Crippen molar-refractivity contribution in [3.63, 3.8) is 0 Å². The number of likely N-dealkylation sites (tertiary alicyclic amines) is 1. The second-order valence-corrected chi connectivity index (χ2v) is 8.11. The van der Waals surface area contributed by atoms with Gasteiger partial charge in [0.2, 0.25) is 5.60 Å². The van der Waals surface area contributed by atoms with Crippen LogP contribution in [0.15, 0.2) is 24.3 Å². The third kappa shape index (κ3) is 3.82. The molecule has 0 bridgehead atoms. The fourth-order valence-electron chi connectivity index (χ4n) is 3.09. The van der Waals surface area contributed by atoms with Crippen LogP contribution in [0.25, 0.3) is 10.6 Å². The number of ether oxygens (including phenoxy) is 1. The highest BCUT2D eigenvalue weighted by atomic mass is 32.1. The minimum Gasteiger partial charge on any atom is -0.377 e. The summed E-state index contributed by atoms with van der Waals surface area (Å²) in [5, 5.41) is 14.9. The van der Waals surface area contributed by atoms with Crippen molar-refractivity contribution in [3.8, 4) is 22.4 Å². The van der Waals surface area contributed by atoms with E-state index in [9.17, 15) is 14.7 Å². The van der Waals surface area contributed by atoms with Gasteiger partial charge in [0.05, 0.1) is 19.3 Å². The maximum Gasteiger partial charge on any atom is 0.270 e. The molecule has 29 heavy (non-hydrogen) atoms. The van der Waals surface area contributed by atoms with Crippen LogP contribution in [-0.2, 0) is 9.53 Å². The van der Waals surface area contributed by atoms with Gasteiger partial charge in [0.25, 0.3) is 11.8 Å². The molecule has 2 aliphatic heterocycles. The van der Waals surface area contributed by atoms with Crippen LogP contribution in [0, 0.1) is 11.8 Å². The zero-order valence-corrected chi connectivity index (χ0v) is 16.6. The second-order valence-electron chi connectivity index (χ2n) is 7.11. The average Bonchev–Trinajstić information content (AvgIpc) is 3.21. The van der Waals surface area contributed by atoms with Gasteiger partial charge in [-0.25, -0.2) is 4.98 Å². The van der Waals surface area contributed by atoms with E-state index in [0.717, 1.165) is 5.56 Å². The number of aromatic nitrogens is 1. The predicted octanol–water partition coefficient (Wildman–Crippen LogP) is 0.664. The Bertz CT molecular complexity index is 1040. The Morgan fingerprint density at radius 2 is 2.28 bits per heavy atom. The van der Waals surface area contributed by atoms with Gasteiger partial charge in [-0.15, -0.1) is 0 Å². The maximum atomic E-state index is 12.1. The number of amides is 2. The molecule has 8 nitrogen and oxygen atoms in total. The van der Waals surface area contributed by atoms with Crippen LogP contribution in [-0.4, -0.2) is 65.3 Å². The van der Waals surface area contributed by atoms with Gasteiger partial charge in [0.15, 0.2) is 5.69 Å². The monoisotopic (exact) mass is 412 g/mol. The van der Waals surface area contributed by atoms with Crippen molar-refractivity contribution in [1.82, 2.24) is 9.88 Å².